The Hall–Kier alpha value is -8.32. The molecule has 0 bridgehead atoms. The van der Waals surface area contributed by atoms with E-state index in [9.17, 15) is 5.48 Å². The Morgan fingerprint density at radius 2 is 0.859 bits per heavy atom. The lowest BCUT2D eigenvalue weighted by atomic mass is 9.96. The van der Waals surface area contributed by atoms with Crippen LogP contribution in [0.15, 0.2) is 212 Å². The van der Waals surface area contributed by atoms with Crippen LogP contribution < -0.4 is 0 Å². The molecule has 0 saturated carbocycles. The lowest BCUT2D eigenvalue weighted by Crippen LogP contribution is -2.08. The van der Waals surface area contributed by atoms with Crippen molar-refractivity contribution in [3.63, 3.8) is 0 Å². The summed E-state index contributed by atoms with van der Waals surface area (Å²) in [5.41, 5.74) is 6.74. The van der Waals surface area contributed by atoms with Crippen molar-refractivity contribution < 1.29 is 11.0 Å². The van der Waals surface area contributed by atoms with E-state index in [0.717, 1.165) is 48.7 Å². The molecule has 5 heterocycles. The molecule has 298 valence electrons. The summed E-state index contributed by atoms with van der Waals surface area (Å²) in [6, 6.07) is 52.0. The molecular formula is C58H35N5S. The highest BCUT2D eigenvalue weighted by Gasteiger charge is 2.25. The Morgan fingerprint density at radius 3 is 1.45 bits per heavy atom. The zero-order valence-corrected chi connectivity index (χ0v) is 34.5. The monoisotopic (exact) mass is 841 g/mol. The molecule has 0 spiro atoms. The first-order chi connectivity index (χ1) is 35.1. The average molecular weight is 842 g/mol. The minimum Gasteiger partial charge on any atom is -0.308 e. The van der Waals surface area contributed by atoms with E-state index in [4.69, 9.17) is 15.5 Å². The van der Waals surface area contributed by atoms with Crippen LogP contribution in [0.4, 0.5) is 0 Å². The number of hydrogen-bond acceptors (Lipinski definition) is 3. The van der Waals surface area contributed by atoms with Crippen molar-refractivity contribution in [3.05, 3.63) is 212 Å². The fourth-order valence-corrected chi connectivity index (χ4v) is 11.0. The molecule has 5 aromatic heterocycles. The largest absolute Gasteiger partial charge is 0.308 e. The first-order valence-electron chi connectivity index (χ1n) is 25.0. The molecule has 0 atom stereocenters. The number of fused-ring (bicyclic) bond motifs is 12. The van der Waals surface area contributed by atoms with E-state index in [0.29, 0.717) is 38.1 Å². The normalized spacial score (nSPS) is 13.8. The van der Waals surface area contributed by atoms with E-state index in [1.54, 1.807) is 26.5 Å². The van der Waals surface area contributed by atoms with Gasteiger partial charge in [0, 0.05) is 58.6 Å². The van der Waals surface area contributed by atoms with E-state index in [-0.39, 0.29) is 76.8 Å². The Labute approximate surface area is 382 Å². The minimum absolute atomic E-state index is 0.176. The molecule has 0 unspecified atom stereocenters. The fourth-order valence-electron chi connectivity index (χ4n) is 9.85. The predicted molar refractivity (Wildman–Crippen MR) is 269 cm³/mol. The third kappa shape index (κ3) is 5.05. The SMILES string of the molecule is [2H]c1c([2H])c([2H])c2c(c1[2H])c1ccccc1n2-c1cc(-n2c3ccccc3c3c([2H])c([2H])c([2H])c([2H])c32)nc(-c2c(-c3ccc4c(c3)sc3ccccc34)cccc2-n2c3ccccc3c3ccccc32)n1. The summed E-state index contributed by atoms with van der Waals surface area (Å²) in [7, 11) is 0. The molecule has 0 fully saturated rings. The average Bonchev–Trinajstić information content (AvgIpc) is 4.17. The smallest absolute Gasteiger partial charge is 0.166 e. The molecule has 0 radical (unpaired) electrons. The van der Waals surface area contributed by atoms with Crippen LogP contribution in [-0.4, -0.2) is 23.7 Å². The van der Waals surface area contributed by atoms with Gasteiger partial charge in [-0.3, -0.25) is 9.13 Å². The molecule has 9 aromatic carbocycles. The molecule has 0 aliphatic rings. The van der Waals surface area contributed by atoms with Crippen LogP contribution in [0.5, 0.6) is 0 Å². The van der Waals surface area contributed by atoms with Crippen molar-refractivity contribution in [1.29, 1.82) is 0 Å². The van der Waals surface area contributed by atoms with Gasteiger partial charge in [-0.25, -0.2) is 9.97 Å². The number of benzene rings is 9. The number of rotatable bonds is 5. The van der Waals surface area contributed by atoms with Crippen LogP contribution in [-0.2, 0) is 0 Å². The van der Waals surface area contributed by atoms with Crippen LogP contribution >= 0.6 is 11.3 Å². The maximum absolute atomic E-state index is 9.46. The first-order valence-corrected chi connectivity index (χ1v) is 21.8. The lowest BCUT2D eigenvalue weighted by molar-refractivity contribution is 0.991. The van der Waals surface area contributed by atoms with Gasteiger partial charge in [0.2, 0.25) is 0 Å². The second-order valence-corrected chi connectivity index (χ2v) is 17.0. The third-order valence-electron chi connectivity index (χ3n) is 12.5. The van der Waals surface area contributed by atoms with Gasteiger partial charge in [-0.2, -0.15) is 0 Å². The van der Waals surface area contributed by atoms with Gasteiger partial charge in [-0.1, -0.05) is 152 Å². The number of para-hydroxylation sites is 6. The quantitative estimate of drug-likeness (QED) is 0.173. The fraction of sp³-hybridized carbons (Fsp3) is 0. The molecular weight excluding hydrogens is 799 g/mol. The van der Waals surface area contributed by atoms with Crippen LogP contribution in [0.2, 0.25) is 0 Å². The lowest BCUT2D eigenvalue weighted by Gasteiger charge is -2.19. The summed E-state index contributed by atoms with van der Waals surface area (Å²) >= 11 is 1.73. The Morgan fingerprint density at radius 1 is 0.375 bits per heavy atom. The minimum atomic E-state index is -0.389. The molecule has 0 amide bonds. The molecule has 0 N–H and O–H groups in total. The molecule has 0 saturated heterocycles. The molecule has 14 rings (SSSR count). The molecule has 14 aromatic rings. The van der Waals surface area contributed by atoms with Crippen molar-refractivity contribution >= 4 is 96.9 Å². The van der Waals surface area contributed by atoms with Gasteiger partial charge in [0.25, 0.3) is 0 Å². The highest BCUT2D eigenvalue weighted by atomic mass is 32.1. The topological polar surface area (TPSA) is 40.6 Å². The van der Waals surface area contributed by atoms with Crippen molar-refractivity contribution in [2.24, 2.45) is 0 Å². The summed E-state index contributed by atoms with van der Waals surface area (Å²) in [5.74, 6) is 0.826. The molecule has 0 aliphatic heterocycles. The van der Waals surface area contributed by atoms with Gasteiger partial charge in [-0.15, -0.1) is 11.3 Å². The summed E-state index contributed by atoms with van der Waals surface area (Å²) < 4.78 is 80.8. The zero-order valence-electron chi connectivity index (χ0n) is 41.7. The summed E-state index contributed by atoms with van der Waals surface area (Å²) in [4.78, 5) is 11.1. The van der Waals surface area contributed by atoms with Crippen LogP contribution in [0.1, 0.15) is 11.0 Å². The maximum Gasteiger partial charge on any atom is 0.166 e. The number of hydrogen-bond donors (Lipinski definition) is 0. The van der Waals surface area contributed by atoms with E-state index in [1.165, 1.54) is 10.1 Å². The first kappa shape index (κ1) is 28.3. The Kier molecular flexibility index (Phi) is 6.01. The Balaban J connectivity index is 1.18. The predicted octanol–water partition coefficient (Wildman–Crippen LogP) is 15.5. The molecule has 6 heteroatoms. The molecule has 64 heavy (non-hydrogen) atoms. The van der Waals surface area contributed by atoms with Crippen LogP contribution in [0.3, 0.4) is 0 Å². The number of nitrogens with zero attached hydrogens (tertiary/aromatic N) is 5. The number of aromatic nitrogens is 5. The van der Waals surface area contributed by atoms with E-state index in [2.05, 4.69) is 83.4 Å². The second-order valence-electron chi connectivity index (χ2n) is 15.9. The van der Waals surface area contributed by atoms with Crippen LogP contribution in [0, 0.1) is 0 Å². The van der Waals surface area contributed by atoms with Gasteiger partial charge in [0.1, 0.15) is 11.6 Å². The van der Waals surface area contributed by atoms with Gasteiger partial charge in [0.15, 0.2) is 5.82 Å². The standard InChI is InChI=1S/C58H35N5S/c1-8-24-46-38(16-1)39-17-2-9-25-47(39)61(46)52-30-15-23-37(36-32-33-45-44-22-7-14-31-53(44)64-54(45)34-36)57(52)58-59-55(62-48-26-10-3-18-40(48)41-19-4-11-27-49(41)62)35-56(60-58)63-50-28-12-5-20-42(50)43-21-6-13-29-51(43)63/h1-35H/i3D,5D,10D,12D,18D,20D,26D,28D. The summed E-state index contributed by atoms with van der Waals surface area (Å²) in [5, 5.41) is 6.34. The van der Waals surface area contributed by atoms with E-state index < -0.39 is 0 Å². The maximum atomic E-state index is 9.46. The summed E-state index contributed by atoms with van der Waals surface area (Å²) in [6.45, 7) is 0. The van der Waals surface area contributed by atoms with E-state index >= 15 is 0 Å². The molecule has 5 nitrogen and oxygen atoms in total. The van der Waals surface area contributed by atoms with Gasteiger partial charge < -0.3 is 4.57 Å². The van der Waals surface area contributed by atoms with Crippen LogP contribution in [0.25, 0.3) is 125 Å². The van der Waals surface area contributed by atoms with Crippen molar-refractivity contribution in [1.82, 2.24) is 23.7 Å². The number of thiophene rings is 1. The van der Waals surface area contributed by atoms with E-state index in [1.807, 2.05) is 78.9 Å². The van der Waals surface area contributed by atoms with Crippen molar-refractivity contribution in [2.75, 3.05) is 0 Å². The second kappa shape index (κ2) is 13.6. The zero-order chi connectivity index (χ0) is 48.8. The molecule has 0 aliphatic carbocycles. The highest BCUT2D eigenvalue weighted by molar-refractivity contribution is 7.25. The van der Waals surface area contributed by atoms with Gasteiger partial charge in [0.05, 0.1) is 55.3 Å². The summed E-state index contributed by atoms with van der Waals surface area (Å²) in [6.07, 6.45) is 0. The van der Waals surface area contributed by atoms with Gasteiger partial charge >= 0.3 is 0 Å². The van der Waals surface area contributed by atoms with Crippen molar-refractivity contribution in [3.8, 4) is 39.8 Å². The van der Waals surface area contributed by atoms with Crippen molar-refractivity contribution in [2.45, 2.75) is 0 Å². The Bertz CT molecular complexity index is 4490. The van der Waals surface area contributed by atoms with Gasteiger partial charge in [-0.05, 0) is 65.7 Å². The highest BCUT2D eigenvalue weighted by Crippen LogP contribution is 2.44. The third-order valence-corrected chi connectivity index (χ3v) is 13.7.